The molecule has 1 aliphatic heterocycles. The second-order valence-corrected chi connectivity index (χ2v) is 11.1. The van der Waals surface area contributed by atoms with Gasteiger partial charge in [0.15, 0.2) is 11.9 Å². The molecule has 8 nitrogen and oxygen atoms in total. The Bertz CT molecular complexity index is 1340. The number of ether oxygens (including phenoxy) is 1. The van der Waals surface area contributed by atoms with Gasteiger partial charge in [0.1, 0.15) is 4.83 Å². The Hall–Kier alpha value is -2.56. The minimum absolute atomic E-state index is 0.0685. The van der Waals surface area contributed by atoms with Gasteiger partial charge in [0.05, 0.1) is 15.8 Å². The van der Waals surface area contributed by atoms with Crippen molar-refractivity contribution in [3.05, 3.63) is 56.4 Å². The molecule has 2 aromatic heterocycles. The van der Waals surface area contributed by atoms with Gasteiger partial charge in [0, 0.05) is 18.0 Å². The zero-order valence-corrected chi connectivity index (χ0v) is 19.8. The van der Waals surface area contributed by atoms with Crippen molar-refractivity contribution in [2.24, 2.45) is 0 Å². The van der Waals surface area contributed by atoms with Crippen molar-refractivity contribution in [2.75, 3.05) is 13.1 Å². The number of fused-ring (bicyclic) bond motifs is 1. The third-order valence-electron chi connectivity index (χ3n) is 5.75. The van der Waals surface area contributed by atoms with E-state index in [0.717, 1.165) is 29.7 Å². The van der Waals surface area contributed by atoms with Crippen molar-refractivity contribution in [3.8, 4) is 0 Å². The van der Waals surface area contributed by atoms with Gasteiger partial charge in [-0.25, -0.2) is 18.2 Å². The van der Waals surface area contributed by atoms with E-state index in [0.29, 0.717) is 23.3 Å². The smallest absolute Gasteiger partial charge is 0.338 e. The number of carbonyl (C=O) groups is 1. The molecule has 1 unspecified atom stereocenters. The lowest BCUT2D eigenvalue weighted by atomic mass is 10.2. The van der Waals surface area contributed by atoms with Crippen LogP contribution in [0.15, 0.2) is 34.0 Å². The van der Waals surface area contributed by atoms with Gasteiger partial charge in [0.25, 0.3) is 5.56 Å². The zero-order valence-electron chi connectivity index (χ0n) is 18.2. The van der Waals surface area contributed by atoms with E-state index in [1.807, 2.05) is 13.8 Å². The molecule has 4 rings (SSSR count). The van der Waals surface area contributed by atoms with E-state index in [1.54, 1.807) is 6.92 Å². The number of sulfonamides is 1. The second kappa shape index (κ2) is 8.76. The molecule has 1 aliphatic rings. The number of rotatable bonds is 5. The number of hydrogen-bond donors (Lipinski definition) is 1. The number of hydrogen-bond acceptors (Lipinski definition) is 7. The number of esters is 1. The van der Waals surface area contributed by atoms with E-state index in [1.165, 1.54) is 39.9 Å². The summed E-state index contributed by atoms with van der Waals surface area (Å²) in [7, 11) is -3.66. The fourth-order valence-corrected chi connectivity index (χ4v) is 6.39. The summed E-state index contributed by atoms with van der Waals surface area (Å²) in [5.41, 5.74) is 0.743. The number of aromatic amines is 1. The minimum Gasteiger partial charge on any atom is -0.451 e. The number of H-pyrrole nitrogens is 1. The first-order valence-corrected chi connectivity index (χ1v) is 12.7. The molecule has 1 atom stereocenters. The molecule has 0 aliphatic carbocycles. The van der Waals surface area contributed by atoms with E-state index < -0.39 is 22.1 Å². The molecule has 0 radical (unpaired) electrons. The molecule has 0 amide bonds. The maximum absolute atomic E-state index is 12.9. The molecule has 32 heavy (non-hydrogen) atoms. The molecule has 10 heteroatoms. The van der Waals surface area contributed by atoms with Crippen LogP contribution in [0.4, 0.5) is 0 Å². The minimum atomic E-state index is -3.66. The predicted octanol–water partition coefficient (Wildman–Crippen LogP) is 3.69. The number of carbonyl (C=O) groups excluding carboxylic acids is 1. The molecule has 1 N–H and O–H groups in total. The molecule has 1 fully saturated rings. The highest BCUT2D eigenvalue weighted by molar-refractivity contribution is 7.89. The number of aryl methyl sites for hydroxylation is 2. The maximum atomic E-state index is 12.9. The average Bonchev–Trinajstić information content (AvgIpc) is 3.08. The van der Waals surface area contributed by atoms with E-state index in [2.05, 4.69) is 9.97 Å². The van der Waals surface area contributed by atoms with Gasteiger partial charge in [-0.1, -0.05) is 12.5 Å². The Morgan fingerprint density at radius 2 is 1.94 bits per heavy atom. The molecule has 3 heterocycles. The highest BCUT2D eigenvalue weighted by Gasteiger charge is 2.27. The van der Waals surface area contributed by atoms with Gasteiger partial charge in [-0.2, -0.15) is 4.31 Å². The third-order valence-corrected chi connectivity index (χ3v) is 8.74. The first kappa shape index (κ1) is 22.6. The Morgan fingerprint density at radius 1 is 1.22 bits per heavy atom. The first-order chi connectivity index (χ1) is 15.2. The van der Waals surface area contributed by atoms with Crippen LogP contribution >= 0.6 is 11.3 Å². The second-order valence-electron chi connectivity index (χ2n) is 7.95. The van der Waals surface area contributed by atoms with E-state index in [9.17, 15) is 18.0 Å². The first-order valence-electron chi connectivity index (χ1n) is 10.5. The Labute approximate surface area is 190 Å². The van der Waals surface area contributed by atoms with Crippen LogP contribution in [0.2, 0.25) is 0 Å². The standard InChI is InChI=1S/C22H25N3O5S2/c1-13-15(3)31-21-18(13)20(26)23-19(24-21)14(2)30-22(27)16-8-7-9-17(12-16)32(28,29)25-10-5-4-6-11-25/h7-9,12,14H,4-6,10-11H2,1-3H3,(H,23,24,26). The van der Waals surface area contributed by atoms with Gasteiger partial charge in [-0.15, -0.1) is 11.3 Å². The van der Waals surface area contributed by atoms with E-state index in [-0.39, 0.29) is 21.8 Å². The van der Waals surface area contributed by atoms with Crippen LogP contribution in [-0.4, -0.2) is 41.7 Å². The third kappa shape index (κ3) is 4.22. The van der Waals surface area contributed by atoms with Gasteiger partial charge in [-0.05, 0) is 57.4 Å². The Kier molecular flexibility index (Phi) is 6.19. The summed E-state index contributed by atoms with van der Waals surface area (Å²) in [6.07, 6.45) is 1.86. The van der Waals surface area contributed by atoms with Crippen LogP contribution in [-0.2, 0) is 14.8 Å². The number of nitrogens with zero attached hydrogens (tertiary/aromatic N) is 2. The molecule has 0 bridgehead atoms. The molecular formula is C22H25N3O5S2. The largest absolute Gasteiger partial charge is 0.451 e. The predicted molar refractivity (Wildman–Crippen MR) is 123 cm³/mol. The van der Waals surface area contributed by atoms with Crippen LogP contribution in [0.25, 0.3) is 10.2 Å². The van der Waals surface area contributed by atoms with Crippen molar-refractivity contribution in [1.82, 2.24) is 14.3 Å². The molecule has 170 valence electrons. The number of benzene rings is 1. The number of piperidine rings is 1. The molecule has 1 saturated heterocycles. The molecule has 0 saturated carbocycles. The van der Waals surface area contributed by atoms with Crippen molar-refractivity contribution in [3.63, 3.8) is 0 Å². The summed E-state index contributed by atoms with van der Waals surface area (Å²) in [5, 5.41) is 0.547. The average molecular weight is 476 g/mol. The summed E-state index contributed by atoms with van der Waals surface area (Å²) in [5.74, 6) is -0.441. The van der Waals surface area contributed by atoms with Gasteiger partial charge in [-0.3, -0.25) is 4.79 Å². The monoisotopic (exact) mass is 475 g/mol. The molecular weight excluding hydrogens is 450 g/mol. The molecule has 1 aromatic carbocycles. The van der Waals surface area contributed by atoms with Crippen LogP contribution < -0.4 is 5.56 Å². The van der Waals surface area contributed by atoms with Crippen molar-refractivity contribution in [2.45, 2.75) is 51.0 Å². The van der Waals surface area contributed by atoms with Gasteiger partial charge < -0.3 is 9.72 Å². The molecule has 0 spiro atoms. The fraction of sp³-hybridized carbons (Fsp3) is 0.409. The van der Waals surface area contributed by atoms with E-state index >= 15 is 0 Å². The number of nitrogens with one attached hydrogen (secondary N) is 1. The SMILES string of the molecule is Cc1sc2nc(C(C)OC(=O)c3cccc(S(=O)(=O)N4CCCCC4)c3)[nH]c(=O)c2c1C. The lowest BCUT2D eigenvalue weighted by Gasteiger charge is -2.26. The van der Waals surface area contributed by atoms with Gasteiger partial charge >= 0.3 is 5.97 Å². The zero-order chi connectivity index (χ0) is 23.0. The summed E-state index contributed by atoms with van der Waals surface area (Å²) in [6.45, 7) is 6.38. The van der Waals surface area contributed by atoms with Crippen LogP contribution in [0, 0.1) is 13.8 Å². The lowest BCUT2D eigenvalue weighted by Crippen LogP contribution is -2.35. The highest BCUT2D eigenvalue weighted by atomic mass is 32.2. The summed E-state index contributed by atoms with van der Waals surface area (Å²) in [4.78, 5) is 34.1. The van der Waals surface area contributed by atoms with Crippen molar-refractivity contribution >= 4 is 37.5 Å². The summed E-state index contributed by atoms with van der Waals surface area (Å²) >= 11 is 1.41. The lowest BCUT2D eigenvalue weighted by molar-refractivity contribution is 0.0319. The van der Waals surface area contributed by atoms with Crippen LogP contribution in [0.1, 0.15) is 58.9 Å². The van der Waals surface area contributed by atoms with E-state index in [4.69, 9.17) is 4.74 Å². The fourth-order valence-electron chi connectivity index (χ4n) is 3.79. The number of aromatic nitrogens is 2. The summed E-state index contributed by atoms with van der Waals surface area (Å²) in [6, 6.07) is 5.86. The maximum Gasteiger partial charge on any atom is 0.338 e. The quantitative estimate of drug-likeness (QED) is 0.564. The van der Waals surface area contributed by atoms with Crippen LogP contribution in [0.3, 0.4) is 0 Å². The Balaban J connectivity index is 1.56. The number of thiophene rings is 1. The Morgan fingerprint density at radius 3 is 2.66 bits per heavy atom. The van der Waals surface area contributed by atoms with Crippen LogP contribution in [0.5, 0.6) is 0 Å². The van der Waals surface area contributed by atoms with Gasteiger partial charge in [0.2, 0.25) is 10.0 Å². The molecule has 3 aromatic rings. The van der Waals surface area contributed by atoms with Crippen molar-refractivity contribution in [1.29, 1.82) is 0 Å². The topological polar surface area (TPSA) is 109 Å². The highest BCUT2D eigenvalue weighted by Crippen LogP contribution is 2.27. The normalized spacial score (nSPS) is 16.2. The van der Waals surface area contributed by atoms with Crippen molar-refractivity contribution < 1.29 is 17.9 Å². The summed E-state index contributed by atoms with van der Waals surface area (Å²) < 4.78 is 32.8.